The molecule has 0 aliphatic rings. The molecule has 106 valence electrons. The van der Waals surface area contributed by atoms with Crippen LogP contribution in [0.15, 0.2) is 28.7 Å². The highest BCUT2D eigenvalue weighted by molar-refractivity contribution is 9.10. The lowest BCUT2D eigenvalue weighted by atomic mass is 10.0. The molecule has 0 saturated carbocycles. The summed E-state index contributed by atoms with van der Waals surface area (Å²) in [6.07, 6.45) is -4.78. The summed E-state index contributed by atoms with van der Waals surface area (Å²) >= 11 is 3.25. The summed E-state index contributed by atoms with van der Waals surface area (Å²) < 4.78 is 38.8. The highest BCUT2D eigenvalue weighted by Gasteiger charge is 2.54. The number of nitrogens with zero attached hydrogens (tertiary/aromatic N) is 1. The number of halogens is 4. The lowest BCUT2D eigenvalue weighted by molar-refractivity contribution is -0.193. The highest BCUT2D eigenvalue weighted by atomic mass is 79.9. The number of likely N-dealkylation sites (N-methyl/N-ethyl adjacent to an activating group) is 1. The lowest BCUT2D eigenvalue weighted by Gasteiger charge is -2.30. The van der Waals surface area contributed by atoms with Crippen molar-refractivity contribution in [1.29, 1.82) is 0 Å². The molecule has 0 spiro atoms. The van der Waals surface area contributed by atoms with Crippen LogP contribution in [-0.4, -0.2) is 29.6 Å². The van der Waals surface area contributed by atoms with Crippen LogP contribution >= 0.6 is 15.9 Å². The number of benzene rings is 1. The van der Waals surface area contributed by atoms with Crippen molar-refractivity contribution in [1.82, 2.24) is 4.90 Å². The Bertz CT molecular complexity index is 457. The number of nitrogens with two attached hydrogens (primary N) is 1. The summed E-state index contributed by atoms with van der Waals surface area (Å²) in [4.78, 5) is 12.7. The Morgan fingerprint density at radius 3 is 2.21 bits per heavy atom. The van der Waals surface area contributed by atoms with Gasteiger partial charge in [-0.1, -0.05) is 28.1 Å². The standard InChI is InChI=1S/C12H14BrF3N2O/c1-11(17,12(14,15)16)10(19)18(2)7-8-3-5-9(13)6-4-8/h3-6H,7,17H2,1-2H3. The minimum atomic E-state index is -4.78. The Hall–Kier alpha value is -1.08. The third-order valence-corrected chi connectivity index (χ3v) is 3.24. The maximum absolute atomic E-state index is 12.7. The van der Waals surface area contributed by atoms with Crippen LogP contribution in [0.4, 0.5) is 13.2 Å². The van der Waals surface area contributed by atoms with Crippen molar-refractivity contribution in [2.45, 2.75) is 25.2 Å². The predicted octanol–water partition coefficient (Wildman–Crippen LogP) is 2.69. The molecule has 2 N–H and O–H groups in total. The van der Waals surface area contributed by atoms with Crippen LogP contribution in [0.1, 0.15) is 12.5 Å². The number of carbonyl (C=O) groups excluding carboxylic acids is 1. The zero-order chi connectivity index (χ0) is 14.8. The fourth-order valence-electron chi connectivity index (χ4n) is 1.45. The van der Waals surface area contributed by atoms with E-state index in [1.54, 1.807) is 24.3 Å². The van der Waals surface area contributed by atoms with Gasteiger partial charge in [0.05, 0.1) is 0 Å². The summed E-state index contributed by atoms with van der Waals surface area (Å²) in [7, 11) is 1.29. The molecule has 0 aromatic heterocycles. The van der Waals surface area contributed by atoms with Crippen LogP contribution in [0.5, 0.6) is 0 Å². The first-order chi connectivity index (χ1) is 8.55. The summed E-state index contributed by atoms with van der Waals surface area (Å²) in [5.74, 6) is -1.16. The van der Waals surface area contributed by atoms with Crippen molar-refractivity contribution in [2.24, 2.45) is 5.73 Å². The van der Waals surface area contributed by atoms with Gasteiger partial charge in [-0.2, -0.15) is 13.2 Å². The maximum atomic E-state index is 12.7. The van der Waals surface area contributed by atoms with Crippen molar-refractivity contribution in [3.63, 3.8) is 0 Å². The molecule has 0 bridgehead atoms. The number of hydrogen-bond donors (Lipinski definition) is 1. The Balaban J connectivity index is 2.81. The molecule has 1 aromatic carbocycles. The second kappa shape index (κ2) is 5.50. The summed E-state index contributed by atoms with van der Waals surface area (Å²) in [6.45, 7) is 0.738. The van der Waals surface area contributed by atoms with Gasteiger partial charge in [0.15, 0.2) is 5.54 Å². The van der Waals surface area contributed by atoms with Gasteiger partial charge in [0, 0.05) is 18.1 Å². The second-order valence-corrected chi connectivity index (χ2v) is 5.40. The van der Waals surface area contributed by atoms with Crippen LogP contribution in [0.2, 0.25) is 0 Å². The molecule has 0 heterocycles. The maximum Gasteiger partial charge on any atom is 0.415 e. The van der Waals surface area contributed by atoms with Gasteiger partial charge in [-0.3, -0.25) is 4.79 Å². The Labute approximate surface area is 117 Å². The van der Waals surface area contributed by atoms with Gasteiger partial charge in [0.25, 0.3) is 5.91 Å². The number of carbonyl (C=O) groups is 1. The lowest BCUT2D eigenvalue weighted by Crippen LogP contribution is -2.61. The SMILES string of the molecule is CN(Cc1ccc(Br)cc1)C(=O)C(C)(N)C(F)(F)F. The third kappa shape index (κ3) is 3.70. The predicted molar refractivity (Wildman–Crippen MR) is 69.3 cm³/mol. The van der Waals surface area contributed by atoms with Gasteiger partial charge in [-0.15, -0.1) is 0 Å². The number of alkyl halides is 3. The van der Waals surface area contributed by atoms with E-state index in [0.717, 1.165) is 14.9 Å². The molecule has 0 radical (unpaired) electrons. The number of amides is 1. The molecule has 1 atom stereocenters. The summed E-state index contributed by atoms with van der Waals surface area (Å²) in [6, 6.07) is 6.93. The smallest absolute Gasteiger partial charge is 0.340 e. The van der Waals surface area contributed by atoms with Gasteiger partial charge in [-0.05, 0) is 24.6 Å². The van der Waals surface area contributed by atoms with Crippen molar-refractivity contribution in [3.8, 4) is 0 Å². The molecule has 0 saturated heterocycles. The molecule has 1 aromatic rings. The van der Waals surface area contributed by atoms with Crippen LogP contribution in [0, 0.1) is 0 Å². The fourth-order valence-corrected chi connectivity index (χ4v) is 1.72. The van der Waals surface area contributed by atoms with E-state index in [1.165, 1.54) is 7.05 Å². The molecular weight excluding hydrogens is 325 g/mol. The van der Waals surface area contributed by atoms with Crippen molar-refractivity contribution >= 4 is 21.8 Å². The molecule has 19 heavy (non-hydrogen) atoms. The molecule has 1 unspecified atom stereocenters. The quantitative estimate of drug-likeness (QED) is 0.920. The van der Waals surface area contributed by atoms with Gasteiger partial charge < -0.3 is 10.6 Å². The van der Waals surface area contributed by atoms with E-state index in [-0.39, 0.29) is 6.54 Å². The van der Waals surface area contributed by atoms with Crippen LogP contribution < -0.4 is 5.73 Å². The molecule has 1 amide bonds. The Morgan fingerprint density at radius 1 is 1.32 bits per heavy atom. The molecule has 1 rings (SSSR count). The average molecular weight is 339 g/mol. The number of hydrogen-bond acceptors (Lipinski definition) is 2. The van der Waals surface area contributed by atoms with Crippen molar-refractivity contribution < 1.29 is 18.0 Å². The largest absolute Gasteiger partial charge is 0.415 e. The average Bonchev–Trinajstić information content (AvgIpc) is 2.29. The normalized spacial score (nSPS) is 14.9. The van der Waals surface area contributed by atoms with Gasteiger partial charge in [-0.25, -0.2) is 0 Å². The molecule has 7 heteroatoms. The van der Waals surface area contributed by atoms with Crippen LogP contribution in [-0.2, 0) is 11.3 Å². The van der Waals surface area contributed by atoms with Crippen LogP contribution in [0.3, 0.4) is 0 Å². The Kier molecular flexibility index (Phi) is 4.63. The minimum absolute atomic E-state index is 0.0645. The molecular formula is C12H14BrF3N2O. The summed E-state index contributed by atoms with van der Waals surface area (Å²) in [5, 5.41) is 0. The molecule has 0 fully saturated rings. The van der Waals surface area contributed by atoms with Crippen LogP contribution in [0.25, 0.3) is 0 Å². The van der Waals surface area contributed by atoms with Gasteiger partial charge >= 0.3 is 6.18 Å². The molecule has 0 aliphatic heterocycles. The fraction of sp³-hybridized carbons (Fsp3) is 0.417. The molecule has 0 aliphatic carbocycles. The van der Waals surface area contributed by atoms with Crippen molar-refractivity contribution in [3.05, 3.63) is 34.3 Å². The highest BCUT2D eigenvalue weighted by Crippen LogP contribution is 2.29. The monoisotopic (exact) mass is 338 g/mol. The van der Waals surface area contributed by atoms with Gasteiger partial charge in [0.2, 0.25) is 0 Å². The molecule has 3 nitrogen and oxygen atoms in total. The van der Waals surface area contributed by atoms with E-state index < -0.39 is 17.6 Å². The van der Waals surface area contributed by atoms with E-state index in [1.807, 2.05) is 0 Å². The van der Waals surface area contributed by atoms with E-state index in [0.29, 0.717) is 6.92 Å². The zero-order valence-electron chi connectivity index (χ0n) is 10.5. The number of rotatable bonds is 3. The second-order valence-electron chi connectivity index (χ2n) is 4.49. The van der Waals surface area contributed by atoms with E-state index in [2.05, 4.69) is 15.9 Å². The zero-order valence-corrected chi connectivity index (χ0v) is 12.0. The topological polar surface area (TPSA) is 46.3 Å². The first-order valence-electron chi connectivity index (χ1n) is 5.41. The first-order valence-corrected chi connectivity index (χ1v) is 6.20. The minimum Gasteiger partial charge on any atom is -0.340 e. The Morgan fingerprint density at radius 2 is 1.79 bits per heavy atom. The van der Waals surface area contributed by atoms with Gasteiger partial charge in [0.1, 0.15) is 0 Å². The van der Waals surface area contributed by atoms with E-state index in [4.69, 9.17) is 5.73 Å². The van der Waals surface area contributed by atoms with E-state index in [9.17, 15) is 18.0 Å². The van der Waals surface area contributed by atoms with E-state index >= 15 is 0 Å². The van der Waals surface area contributed by atoms with Crippen molar-refractivity contribution in [2.75, 3.05) is 7.05 Å². The first kappa shape index (κ1) is 16.0. The summed E-state index contributed by atoms with van der Waals surface area (Å²) in [5.41, 5.74) is 2.93. The third-order valence-electron chi connectivity index (χ3n) is 2.71.